The number of rotatable bonds is 6. The molecule has 0 aromatic heterocycles. The molecular weight excluding hydrogens is 260 g/mol. The van der Waals surface area contributed by atoms with Crippen molar-refractivity contribution >= 4 is 6.08 Å². The highest BCUT2D eigenvalue weighted by Crippen LogP contribution is 2.28. The molecule has 1 aromatic rings. The van der Waals surface area contributed by atoms with Crippen LogP contribution in [-0.2, 0) is 4.74 Å². The molecule has 0 bridgehead atoms. The minimum atomic E-state index is 0.351. The fourth-order valence-electron chi connectivity index (χ4n) is 2.95. The summed E-state index contributed by atoms with van der Waals surface area (Å²) in [5.41, 5.74) is 2.63. The molecule has 2 fully saturated rings. The van der Waals surface area contributed by atoms with Gasteiger partial charge in [-0.2, -0.15) is 0 Å². The lowest BCUT2D eigenvalue weighted by Crippen LogP contribution is -2.47. The maximum atomic E-state index is 5.86. The Balaban J connectivity index is 1.40. The van der Waals surface area contributed by atoms with Crippen LogP contribution in [0.2, 0.25) is 0 Å². The van der Waals surface area contributed by atoms with E-state index in [-0.39, 0.29) is 0 Å². The second-order valence-electron chi connectivity index (χ2n) is 6.25. The van der Waals surface area contributed by atoms with Crippen molar-refractivity contribution in [3.63, 3.8) is 0 Å². The second kappa shape index (κ2) is 7.21. The molecule has 1 saturated carbocycles. The van der Waals surface area contributed by atoms with Gasteiger partial charge in [0.25, 0.3) is 0 Å². The van der Waals surface area contributed by atoms with E-state index in [0.29, 0.717) is 6.10 Å². The van der Waals surface area contributed by atoms with E-state index < -0.39 is 0 Å². The van der Waals surface area contributed by atoms with E-state index in [1.54, 1.807) is 0 Å². The molecule has 1 N–H and O–H groups in total. The Kier molecular flexibility index (Phi) is 5.07. The number of hydrogen-bond donors (Lipinski definition) is 1. The Morgan fingerprint density at radius 3 is 2.90 bits per heavy atom. The van der Waals surface area contributed by atoms with Crippen molar-refractivity contribution in [3.8, 4) is 0 Å². The van der Waals surface area contributed by atoms with Gasteiger partial charge >= 0.3 is 0 Å². The van der Waals surface area contributed by atoms with Gasteiger partial charge in [0.15, 0.2) is 0 Å². The zero-order valence-corrected chi connectivity index (χ0v) is 12.9. The Hall–Kier alpha value is -1.16. The molecule has 3 heteroatoms. The van der Waals surface area contributed by atoms with Crippen molar-refractivity contribution in [3.05, 3.63) is 41.5 Å². The molecule has 114 valence electrons. The zero-order valence-electron chi connectivity index (χ0n) is 12.9. The summed E-state index contributed by atoms with van der Waals surface area (Å²) in [6, 6.07) is 11.3. The largest absolute Gasteiger partial charge is 0.374 e. The van der Waals surface area contributed by atoms with Gasteiger partial charge in [-0.05, 0) is 25.3 Å². The molecule has 1 aromatic carbocycles. The van der Waals surface area contributed by atoms with Gasteiger partial charge in [-0.1, -0.05) is 42.0 Å². The molecular formula is C18H26N2O. The SMILES string of the molecule is C/C(=C\c1ccccc1)CNC[C@H]1CN(C2CC2)CCO1. The van der Waals surface area contributed by atoms with E-state index >= 15 is 0 Å². The molecule has 2 aliphatic rings. The van der Waals surface area contributed by atoms with E-state index in [1.165, 1.54) is 24.0 Å². The van der Waals surface area contributed by atoms with E-state index in [4.69, 9.17) is 4.74 Å². The smallest absolute Gasteiger partial charge is 0.0826 e. The van der Waals surface area contributed by atoms with Gasteiger partial charge in [0.2, 0.25) is 0 Å². The quantitative estimate of drug-likeness (QED) is 0.870. The van der Waals surface area contributed by atoms with Crippen LogP contribution in [-0.4, -0.2) is 49.8 Å². The summed E-state index contributed by atoms with van der Waals surface area (Å²) in [4.78, 5) is 2.60. The molecule has 21 heavy (non-hydrogen) atoms. The molecule has 0 radical (unpaired) electrons. The minimum absolute atomic E-state index is 0.351. The maximum Gasteiger partial charge on any atom is 0.0826 e. The first kappa shape index (κ1) is 14.8. The molecule has 1 aliphatic carbocycles. The van der Waals surface area contributed by atoms with Crippen LogP contribution in [0.4, 0.5) is 0 Å². The van der Waals surface area contributed by atoms with Crippen LogP contribution in [0.25, 0.3) is 6.08 Å². The van der Waals surface area contributed by atoms with Crippen LogP contribution >= 0.6 is 0 Å². The predicted octanol–water partition coefficient (Wildman–Crippen LogP) is 2.54. The highest BCUT2D eigenvalue weighted by Gasteiger charge is 2.32. The van der Waals surface area contributed by atoms with Gasteiger partial charge in [-0.25, -0.2) is 0 Å². The van der Waals surface area contributed by atoms with E-state index in [9.17, 15) is 0 Å². The van der Waals surface area contributed by atoms with E-state index in [2.05, 4.69) is 53.5 Å². The topological polar surface area (TPSA) is 24.5 Å². The van der Waals surface area contributed by atoms with Crippen molar-refractivity contribution < 1.29 is 4.74 Å². The second-order valence-corrected chi connectivity index (χ2v) is 6.25. The van der Waals surface area contributed by atoms with Gasteiger partial charge in [0.05, 0.1) is 12.7 Å². The van der Waals surface area contributed by atoms with Crippen molar-refractivity contribution in [1.29, 1.82) is 0 Å². The monoisotopic (exact) mass is 286 g/mol. The summed E-state index contributed by atoms with van der Waals surface area (Å²) in [6.45, 7) is 7.16. The van der Waals surface area contributed by atoms with Crippen LogP contribution < -0.4 is 5.32 Å². The van der Waals surface area contributed by atoms with E-state index in [1.807, 2.05) is 0 Å². The Labute approximate surface area is 128 Å². The molecule has 0 spiro atoms. The van der Waals surface area contributed by atoms with Crippen molar-refractivity contribution in [2.45, 2.75) is 31.9 Å². The lowest BCUT2D eigenvalue weighted by Gasteiger charge is -2.33. The first-order valence-corrected chi connectivity index (χ1v) is 8.10. The Morgan fingerprint density at radius 2 is 2.14 bits per heavy atom. The van der Waals surface area contributed by atoms with Crippen molar-refractivity contribution in [1.82, 2.24) is 10.2 Å². The summed E-state index contributed by atoms with van der Waals surface area (Å²) in [6.07, 6.45) is 5.37. The molecule has 1 aliphatic heterocycles. The third-order valence-electron chi connectivity index (χ3n) is 4.22. The molecule has 3 rings (SSSR count). The first-order chi connectivity index (χ1) is 10.3. The third-order valence-corrected chi connectivity index (χ3v) is 4.22. The normalized spacial score (nSPS) is 24.2. The van der Waals surface area contributed by atoms with Crippen LogP contribution in [0, 0.1) is 0 Å². The average molecular weight is 286 g/mol. The summed E-state index contributed by atoms with van der Waals surface area (Å²) in [7, 11) is 0. The molecule has 1 heterocycles. The molecule has 3 nitrogen and oxygen atoms in total. The summed E-state index contributed by atoms with van der Waals surface area (Å²) in [5.74, 6) is 0. The highest BCUT2D eigenvalue weighted by molar-refractivity contribution is 5.52. The number of hydrogen-bond acceptors (Lipinski definition) is 3. The zero-order chi connectivity index (χ0) is 14.5. The van der Waals surface area contributed by atoms with Crippen molar-refractivity contribution in [2.24, 2.45) is 0 Å². The summed E-state index contributed by atoms with van der Waals surface area (Å²) in [5, 5.41) is 3.54. The van der Waals surface area contributed by atoms with Gasteiger partial charge in [0, 0.05) is 32.2 Å². The molecule has 1 atom stereocenters. The highest BCUT2D eigenvalue weighted by atomic mass is 16.5. The molecule has 1 saturated heterocycles. The Bertz CT molecular complexity index is 467. The lowest BCUT2D eigenvalue weighted by molar-refractivity contribution is -0.0296. The van der Waals surface area contributed by atoms with Crippen LogP contribution in [0.15, 0.2) is 35.9 Å². The number of nitrogens with zero attached hydrogens (tertiary/aromatic N) is 1. The Morgan fingerprint density at radius 1 is 1.33 bits per heavy atom. The van der Waals surface area contributed by atoms with Crippen molar-refractivity contribution in [2.75, 3.05) is 32.8 Å². The fourth-order valence-corrected chi connectivity index (χ4v) is 2.95. The maximum absolute atomic E-state index is 5.86. The van der Waals surface area contributed by atoms with Crippen LogP contribution in [0.3, 0.4) is 0 Å². The van der Waals surface area contributed by atoms with Crippen LogP contribution in [0.1, 0.15) is 25.3 Å². The van der Waals surface area contributed by atoms with E-state index in [0.717, 1.165) is 38.8 Å². The first-order valence-electron chi connectivity index (χ1n) is 8.10. The van der Waals surface area contributed by atoms with Gasteiger partial charge in [0.1, 0.15) is 0 Å². The number of ether oxygens (including phenoxy) is 1. The number of benzene rings is 1. The van der Waals surface area contributed by atoms with Gasteiger partial charge in [-0.15, -0.1) is 0 Å². The summed E-state index contributed by atoms with van der Waals surface area (Å²) >= 11 is 0. The van der Waals surface area contributed by atoms with Gasteiger partial charge < -0.3 is 10.1 Å². The molecule has 0 unspecified atom stereocenters. The summed E-state index contributed by atoms with van der Waals surface area (Å²) < 4.78 is 5.86. The lowest BCUT2D eigenvalue weighted by atomic mass is 10.1. The number of morpholine rings is 1. The fraction of sp³-hybridized carbons (Fsp3) is 0.556. The molecule has 0 amide bonds. The standard InChI is InChI=1S/C18H26N2O/c1-15(11-16-5-3-2-4-6-16)12-19-13-18-14-20(9-10-21-18)17-7-8-17/h2-6,11,17-19H,7-10,12-14H2,1H3/b15-11+/t18-/m0/s1. The minimum Gasteiger partial charge on any atom is -0.374 e. The third kappa shape index (κ3) is 4.67. The predicted molar refractivity (Wildman–Crippen MR) is 87.3 cm³/mol. The van der Waals surface area contributed by atoms with Crippen LogP contribution in [0.5, 0.6) is 0 Å². The average Bonchev–Trinajstić information content (AvgIpc) is 3.33. The number of nitrogens with one attached hydrogen (secondary N) is 1. The van der Waals surface area contributed by atoms with Gasteiger partial charge in [-0.3, -0.25) is 4.90 Å².